The van der Waals surface area contributed by atoms with Crippen LogP contribution in [-0.4, -0.2) is 24.1 Å². The van der Waals surface area contributed by atoms with Crippen molar-refractivity contribution < 1.29 is 4.79 Å². The average molecular weight is 237 g/mol. The summed E-state index contributed by atoms with van der Waals surface area (Å²) >= 11 is 0. The van der Waals surface area contributed by atoms with Crippen molar-refractivity contribution in [2.75, 3.05) is 13.6 Å². The second-order valence-corrected chi connectivity index (χ2v) is 4.24. The summed E-state index contributed by atoms with van der Waals surface area (Å²) in [7, 11) is 1.66. The monoisotopic (exact) mass is 237 g/mol. The third-order valence-corrected chi connectivity index (χ3v) is 3.12. The molecule has 4 heteroatoms. The maximum absolute atomic E-state index is 11.0. The standard InChI is InChI=1S/C13H23N3O/c1-5-16-10(2)8-12(11(16)3)9-15-7-6-13(17)14-4/h8,15H,5-7,9H2,1-4H3,(H,14,17). The van der Waals surface area contributed by atoms with E-state index in [9.17, 15) is 4.79 Å². The lowest BCUT2D eigenvalue weighted by Crippen LogP contribution is -2.24. The van der Waals surface area contributed by atoms with Gasteiger partial charge in [0.05, 0.1) is 0 Å². The lowest BCUT2D eigenvalue weighted by atomic mass is 10.2. The van der Waals surface area contributed by atoms with Crippen LogP contribution in [0.2, 0.25) is 0 Å². The number of amides is 1. The first-order chi connectivity index (χ1) is 8.10. The summed E-state index contributed by atoms with van der Waals surface area (Å²) in [5.74, 6) is 0.0801. The van der Waals surface area contributed by atoms with Gasteiger partial charge in [0.15, 0.2) is 0 Å². The molecule has 96 valence electrons. The average Bonchev–Trinajstić information content (AvgIpc) is 2.59. The van der Waals surface area contributed by atoms with Crippen LogP contribution in [0.3, 0.4) is 0 Å². The van der Waals surface area contributed by atoms with Crippen LogP contribution in [0.4, 0.5) is 0 Å². The number of carbonyl (C=O) groups is 1. The van der Waals surface area contributed by atoms with Gasteiger partial charge in [-0.25, -0.2) is 0 Å². The summed E-state index contributed by atoms with van der Waals surface area (Å²) in [4.78, 5) is 11.0. The molecular weight excluding hydrogens is 214 g/mol. The second-order valence-electron chi connectivity index (χ2n) is 4.24. The van der Waals surface area contributed by atoms with Gasteiger partial charge in [-0.2, -0.15) is 0 Å². The van der Waals surface area contributed by atoms with Crippen molar-refractivity contribution in [3.8, 4) is 0 Å². The fourth-order valence-corrected chi connectivity index (χ4v) is 2.09. The highest BCUT2D eigenvalue weighted by molar-refractivity contribution is 5.75. The number of hydrogen-bond acceptors (Lipinski definition) is 2. The van der Waals surface area contributed by atoms with Gasteiger partial charge in [-0.15, -0.1) is 0 Å². The Morgan fingerprint density at radius 3 is 2.65 bits per heavy atom. The van der Waals surface area contributed by atoms with Gasteiger partial charge < -0.3 is 15.2 Å². The molecule has 4 nitrogen and oxygen atoms in total. The molecule has 0 saturated carbocycles. The first kappa shape index (κ1) is 13.8. The second kappa shape index (κ2) is 6.45. The molecular formula is C13H23N3O. The van der Waals surface area contributed by atoms with E-state index in [4.69, 9.17) is 0 Å². The van der Waals surface area contributed by atoms with Crippen LogP contribution in [0.15, 0.2) is 6.07 Å². The molecule has 0 bridgehead atoms. The highest BCUT2D eigenvalue weighted by Gasteiger charge is 2.07. The normalized spacial score (nSPS) is 10.6. The van der Waals surface area contributed by atoms with Crippen molar-refractivity contribution >= 4 is 5.91 Å². The Balaban J connectivity index is 2.44. The number of aryl methyl sites for hydroxylation is 1. The number of hydrogen-bond donors (Lipinski definition) is 2. The summed E-state index contributed by atoms with van der Waals surface area (Å²) in [5.41, 5.74) is 3.94. The Labute approximate surface area is 103 Å². The summed E-state index contributed by atoms with van der Waals surface area (Å²) in [6.45, 7) is 8.99. The first-order valence-corrected chi connectivity index (χ1v) is 6.17. The Bertz CT molecular complexity index is 382. The molecule has 0 atom stereocenters. The third kappa shape index (κ3) is 3.60. The number of nitrogens with zero attached hydrogens (tertiary/aromatic N) is 1. The zero-order valence-corrected chi connectivity index (χ0v) is 11.3. The Hall–Kier alpha value is -1.29. The number of aromatic nitrogens is 1. The highest BCUT2D eigenvalue weighted by Crippen LogP contribution is 2.14. The third-order valence-electron chi connectivity index (χ3n) is 3.12. The fourth-order valence-electron chi connectivity index (χ4n) is 2.09. The van der Waals surface area contributed by atoms with Gasteiger partial charge in [-0.3, -0.25) is 4.79 Å². The molecule has 0 aliphatic carbocycles. The van der Waals surface area contributed by atoms with Gasteiger partial charge in [-0.05, 0) is 32.4 Å². The van der Waals surface area contributed by atoms with E-state index >= 15 is 0 Å². The molecule has 0 radical (unpaired) electrons. The van der Waals surface area contributed by atoms with Crippen molar-refractivity contribution in [2.45, 2.75) is 40.3 Å². The molecule has 0 unspecified atom stereocenters. The Kier molecular flexibility index (Phi) is 5.22. The summed E-state index contributed by atoms with van der Waals surface area (Å²) in [6.07, 6.45) is 0.531. The predicted molar refractivity (Wildman–Crippen MR) is 70.0 cm³/mol. The van der Waals surface area contributed by atoms with Gasteiger partial charge in [0.25, 0.3) is 0 Å². The fraction of sp³-hybridized carbons (Fsp3) is 0.615. The van der Waals surface area contributed by atoms with E-state index in [2.05, 4.69) is 42.0 Å². The van der Waals surface area contributed by atoms with Gasteiger partial charge >= 0.3 is 0 Å². The molecule has 2 N–H and O–H groups in total. The van der Waals surface area contributed by atoms with Crippen molar-refractivity contribution in [1.82, 2.24) is 15.2 Å². The van der Waals surface area contributed by atoms with Crippen LogP contribution in [0.25, 0.3) is 0 Å². The van der Waals surface area contributed by atoms with E-state index in [0.29, 0.717) is 6.42 Å². The van der Waals surface area contributed by atoms with Crippen LogP contribution >= 0.6 is 0 Å². The zero-order valence-electron chi connectivity index (χ0n) is 11.3. The van der Waals surface area contributed by atoms with Gasteiger partial charge in [0.1, 0.15) is 0 Å². The molecule has 1 rings (SSSR count). The minimum Gasteiger partial charge on any atom is -0.359 e. The van der Waals surface area contributed by atoms with Crippen molar-refractivity contribution in [3.05, 3.63) is 23.0 Å². The van der Waals surface area contributed by atoms with Gasteiger partial charge in [-0.1, -0.05) is 0 Å². The topological polar surface area (TPSA) is 46.1 Å². The number of rotatable bonds is 6. The van der Waals surface area contributed by atoms with E-state index in [0.717, 1.165) is 19.6 Å². The molecule has 0 aliphatic heterocycles. The van der Waals surface area contributed by atoms with Crippen LogP contribution in [-0.2, 0) is 17.9 Å². The molecule has 1 heterocycles. The van der Waals surface area contributed by atoms with Gasteiger partial charge in [0, 0.05) is 44.5 Å². The molecule has 0 saturated heterocycles. The largest absolute Gasteiger partial charge is 0.359 e. The number of carbonyl (C=O) groups excluding carboxylic acids is 1. The Morgan fingerprint density at radius 1 is 1.41 bits per heavy atom. The smallest absolute Gasteiger partial charge is 0.221 e. The summed E-state index contributed by atoms with van der Waals surface area (Å²) < 4.78 is 2.30. The van der Waals surface area contributed by atoms with Crippen LogP contribution in [0, 0.1) is 13.8 Å². The summed E-state index contributed by atoms with van der Waals surface area (Å²) in [6, 6.07) is 2.21. The van der Waals surface area contributed by atoms with Crippen LogP contribution < -0.4 is 10.6 Å². The summed E-state index contributed by atoms with van der Waals surface area (Å²) in [5, 5.41) is 5.91. The molecule has 0 spiro atoms. The molecule has 1 amide bonds. The molecule has 1 aromatic rings. The molecule has 0 aromatic carbocycles. The molecule has 0 fully saturated rings. The van der Waals surface area contributed by atoms with Crippen molar-refractivity contribution in [2.24, 2.45) is 0 Å². The lowest BCUT2D eigenvalue weighted by Gasteiger charge is -2.07. The van der Waals surface area contributed by atoms with E-state index in [1.54, 1.807) is 7.05 Å². The molecule has 0 aliphatic rings. The van der Waals surface area contributed by atoms with E-state index in [1.165, 1.54) is 17.0 Å². The minimum atomic E-state index is 0.0801. The van der Waals surface area contributed by atoms with Crippen molar-refractivity contribution in [3.63, 3.8) is 0 Å². The first-order valence-electron chi connectivity index (χ1n) is 6.17. The molecule has 17 heavy (non-hydrogen) atoms. The maximum atomic E-state index is 11.0. The number of nitrogens with one attached hydrogen (secondary N) is 2. The van der Waals surface area contributed by atoms with E-state index < -0.39 is 0 Å². The predicted octanol–water partition coefficient (Wildman–Crippen LogP) is 1.35. The maximum Gasteiger partial charge on any atom is 0.221 e. The van der Waals surface area contributed by atoms with Crippen LogP contribution in [0.5, 0.6) is 0 Å². The van der Waals surface area contributed by atoms with Gasteiger partial charge in [0.2, 0.25) is 5.91 Å². The van der Waals surface area contributed by atoms with Crippen LogP contribution in [0.1, 0.15) is 30.3 Å². The van der Waals surface area contributed by atoms with Crippen molar-refractivity contribution in [1.29, 1.82) is 0 Å². The van der Waals surface area contributed by atoms with E-state index in [-0.39, 0.29) is 5.91 Å². The minimum absolute atomic E-state index is 0.0801. The zero-order chi connectivity index (χ0) is 12.8. The SMILES string of the molecule is CCn1c(C)cc(CNCCC(=O)NC)c1C. The quantitative estimate of drug-likeness (QED) is 0.734. The Morgan fingerprint density at radius 2 is 2.12 bits per heavy atom. The molecule has 1 aromatic heterocycles. The highest BCUT2D eigenvalue weighted by atomic mass is 16.1. The van der Waals surface area contributed by atoms with E-state index in [1.807, 2.05) is 0 Å². The lowest BCUT2D eigenvalue weighted by molar-refractivity contribution is -0.120.